The molecule has 1 aliphatic carbocycles. The highest BCUT2D eigenvalue weighted by Crippen LogP contribution is 2.58. The molecule has 0 spiro atoms. The summed E-state index contributed by atoms with van der Waals surface area (Å²) in [6.45, 7) is 16.4. The van der Waals surface area contributed by atoms with Crippen molar-refractivity contribution in [3.05, 3.63) is 70.3 Å². The van der Waals surface area contributed by atoms with Crippen molar-refractivity contribution < 1.29 is 0 Å². The maximum absolute atomic E-state index is 2.43. The lowest BCUT2D eigenvalue weighted by molar-refractivity contribution is 0.299. The first-order valence-corrected chi connectivity index (χ1v) is 10.3. The molecule has 0 saturated heterocycles. The number of aryl methyl sites for hydroxylation is 2. The maximum atomic E-state index is 2.43. The molecule has 0 amide bonds. The smallest absolute Gasteiger partial charge is 0.0392 e. The highest BCUT2D eigenvalue weighted by molar-refractivity contribution is 7.19. The lowest BCUT2D eigenvalue weighted by Gasteiger charge is -2.47. The van der Waals surface area contributed by atoms with E-state index in [0.29, 0.717) is 0 Å². The van der Waals surface area contributed by atoms with Gasteiger partial charge in [-0.2, -0.15) is 0 Å². The zero-order valence-corrected chi connectivity index (χ0v) is 17.8. The number of benzene rings is 2. The zero-order chi connectivity index (χ0) is 18.9. The Bertz CT molecular complexity index is 997. The molecule has 0 radical (unpaired) electrons. The molecular formula is C25H28S. The van der Waals surface area contributed by atoms with E-state index in [-0.39, 0.29) is 10.8 Å². The third-order valence-corrected chi connectivity index (χ3v) is 8.12. The first-order chi connectivity index (χ1) is 12.1. The topological polar surface area (TPSA) is 0 Å². The molecule has 1 aliphatic rings. The molecule has 26 heavy (non-hydrogen) atoms. The Hall–Kier alpha value is -1.86. The van der Waals surface area contributed by atoms with Gasteiger partial charge in [0.25, 0.3) is 0 Å². The Labute approximate surface area is 161 Å². The summed E-state index contributed by atoms with van der Waals surface area (Å²) in [6.07, 6.45) is 0. The second-order valence-electron chi connectivity index (χ2n) is 8.93. The van der Waals surface area contributed by atoms with Crippen LogP contribution in [0.15, 0.2) is 42.5 Å². The highest BCUT2D eigenvalue weighted by Gasteiger charge is 2.48. The molecule has 0 unspecified atom stereocenters. The van der Waals surface area contributed by atoms with Crippen LogP contribution in [0.2, 0.25) is 0 Å². The first-order valence-electron chi connectivity index (χ1n) is 9.47. The fourth-order valence-electron chi connectivity index (χ4n) is 4.46. The van der Waals surface area contributed by atoms with Crippen molar-refractivity contribution in [3.8, 4) is 20.9 Å². The Balaban J connectivity index is 2.05. The van der Waals surface area contributed by atoms with Crippen molar-refractivity contribution in [3.63, 3.8) is 0 Å². The Morgan fingerprint density at radius 2 is 1.31 bits per heavy atom. The molecule has 0 saturated carbocycles. The summed E-state index contributed by atoms with van der Waals surface area (Å²) < 4.78 is 0. The SMILES string of the molecule is Cc1ccc(-c2sc3c(c2C)C(C)(C)C(C)(C)c2cc(C)ccc2-3)cc1. The second-order valence-corrected chi connectivity index (χ2v) is 9.95. The number of thiophene rings is 1. The Morgan fingerprint density at radius 3 is 1.96 bits per heavy atom. The van der Waals surface area contributed by atoms with E-state index in [0.717, 1.165) is 0 Å². The average molecular weight is 361 g/mol. The van der Waals surface area contributed by atoms with Crippen molar-refractivity contribution in [2.24, 2.45) is 0 Å². The van der Waals surface area contributed by atoms with Gasteiger partial charge in [0.15, 0.2) is 0 Å². The van der Waals surface area contributed by atoms with E-state index in [4.69, 9.17) is 0 Å². The molecule has 134 valence electrons. The van der Waals surface area contributed by atoms with Crippen molar-refractivity contribution in [1.82, 2.24) is 0 Å². The van der Waals surface area contributed by atoms with Crippen molar-refractivity contribution in [2.75, 3.05) is 0 Å². The molecule has 2 aromatic carbocycles. The molecule has 0 nitrogen and oxygen atoms in total. The van der Waals surface area contributed by atoms with Crippen LogP contribution in [0, 0.1) is 20.8 Å². The third-order valence-electron chi connectivity index (χ3n) is 6.74. The number of hydrogen-bond acceptors (Lipinski definition) is 1. The van der Waals surface area contributed by atoms with Gasteiger partial charge < -0.3 is 0 Å². The summed E-state index contributed by atoms with van der Waals surface area (Å²) >= 11 is 1.97. The van der Waals surface area contributed by atoms with E-state index in [2.05, 4.69) is 90.9 Å². The fraction of sp³-hybridized carbons (Fsp3) is 0.360. The molecule has 0 fully saturated rings. The number of rotatable bonds is 1. The van der Waals surface area contributed by atoms with Gasteiger partial charge in [-0.1, -0.05) is 81.3 Å². The molecule has 1 heterocycles. The van der Waals surface area contributed by atoms with Crippen LogP contribution in [-0.4, -0.2) is 0 Å². The van der Waals surface area contributed by atoms with Gasteiger partial charge in [0, 0.05) is 15.2 Å². The van der Waals surface area contributed by atoms with Gasteiger partial charge in [-0.15, -0.1) is 11.3 Å². The fourth-order valence-corrected chi connectivity index (χ4v) is 5.97. The van der Waals surface area contributed by atoms with Crippen molar-refractivity contribution in [1.29, 1.82) is 0 Å². The zero-order valence-electron chi connectivity index (χ0n) is 16.9. The molecule has 0 bridgehead atoms. The Kier molecular flexibility index (Phi) is 3.76. The molecule has 1 heteroatoms. The van der Waals surface area contributed by atoms with E-state index in [9.17, 15) is 0 Å². The molecule has 0 N–H and O–H groups in total. The molecule has 0 atom stereocenters. The molecular weight excluding hydrogens is 332 g/mol. The number of fused-ring (bicyclic) bond motifs is 3. The van der Waals surface area contributed by atoms with Crippen molar-refractivity contribution in [2.45, 2.75) is 59.3 Å². The summed E-state index contributed by atoms with van der Waals surface area (Å²) in [4.78, 5) is 2.89. The first kappa shape index (κ1) is 17.5. The van der Waals surface area contributed by atoms with Gasteiger partial charge in [-0.3, -0.25) is 0 Å². The van der Waals surface area contributed by atoms with Crippen LogP contribution in [0.4, 0.5) is 0 Å². The van der Waals surface area contributed by atoms with Gasteiger partial charge >= 0.3 is 0 Å². The largest absolute Gasteiger partial charge is 0.135 e. The molecule has 1 aromatic heterocycles. The highest BCUT2D eigenvalue weighted by atomic mass is 32.1. The van der Waals surface area contributed by atoms with E-state index in [1.165, 1.54) is 43.1 Å². The summed E-state index contributed by atoms with van der Waals surface area (Å²) in [6, 6.07) is 16.0. The van der Waals surface area contributed by atoms with Crippen LogP contribution < -0.4 is 0 Å². The van der Waals surface area contributed by atoms with E-state index >= 15 is 0 Å². The minimum atomic E-state index is 0.0899. The van der Waals surface area contributed by atoms with Crippen LogP contribution in [0.1, 0.15) is 55.5 Å². The van der Waals surface area contributed by atoms with Crippen LogP contribution in [0.25, 0.3) is 20.9 Å². The summed E-state index contributed by atoms with van der Waals surface area (Å²) in [5.74, 6) is 0. The molecule has 3 aromatic rings. The van der Waals surface area contributed by atoms with E-state index in [1.54, 1.807) is 5.56 Å². The minimum absolute atomic E-state index is 0.0899. The minimum Gasteiger partial charge on any atom is -0.135 e. The van der Waals surface area contributed by atoms with Crippen LogP contribution >= 0.6 is 11.3 Å². The summed E-state index contributed by atoms with van der Waals surface area (Å²) in [5.41, 5.74) is 10.1. The van der Waals surface area contributed by atoms with E-state index in [1.807, 2.05) is 11.3 Å². The predicted molar refractivity (Wildman–Crippen MR) is 115 cm³/mol. The summed E-state index contributed by atoms with van der Waals surface area (Å²) in [7, 11) is 0. The monoisotopic (exact) mass is 360 g/mol. The van der Waals surface area contributed by atoms with Crippen molar-refractivity contribution >= 4 is 11.3 Å². The quantitative estimate of drug-likeness (QED) is 0.419. The number of hydrogen-bond donors (Lipinski definition) is 0. The van der Waals surface area contributed by atoms with Crippen LogP contribution in [-0.2, 0) is 10.8 Å². The maximum Gasteiger partial charge on any atom is 0.0392 e. The predicted octanol–water partition coefficient (Wildman–Crippen LogP) is 7.58. The normalized spacial score (nSPS) is 16.9. The van der Waals surface area contributed by atoms with Gasteiger partial charge in [0.1, 0.15) is 0 Å². The van der Waals surface area contributed by atoms with Gasteiger partial charge in [-0.05, 0) is 54.0 Å². The summed E-state index contributed by atoms with van der Waals surface area (Å²) in [5, 5.41) is 0. The lowest BCUT2D eigenvalue weighted by atomic mass is 9.56. The molecule has 0 aliphatic heterocycles. The van der Waals surface area contributed by atoms with Gasteiger partial charge in [0.05, 0.1) is 0 Å². The standard InChI is InChI=1S/C25H28S/c1-15-8-11-18(12-9-15)22-17(3)21-23(26-22)19-13-10-16(2)14-20(19)24(4,5)25(21,6)7/h8-14H,1-7H3. The Morgan fingerprint density at radius 1 is 0.692 bits per heavy atom. The lowest BCUT2D eigenvalue weighted by Crippen LogP contribution is -2.43. The molecule has 4 rings (SSSR count). The average Bonchev–Trinajstić information content (AvgIpc) is 2.92. The van der Waals surface area contributed by atoms with E-state index < -0.39 is 0 Å². The van der Waals surface area contributed by atoms with Gasteiger partial charge in [0.2, 0.25) is 0 Å². The third kappa shape index (κ3) is 2.26. The second kappa shape index (κ2) is 5.57. The van der Waals surface area contributed by atoms with Crippen LogP contribution in [0.5, 0.6) is 0 Å². The van der Waals surface area contributed by atoms with Gasteiger partial charge in [-0.25, -0.2) is 0 Å². The van der Waals surface area contributed by atoms with Crippen LogP contribution in [0.3, 0.4) is 0 Å².